The summed E-state index contributed by atoms with van der Waals surface area (Å²) in [4.78, 5) is 19.0. The van der Waals surface area contributed by atoms with Crippen molar-refractivity contribution in [2.75, 3.05) is 0 Å². The number of hydrogen-bond donors (Lipinski definition) is 0. The number of rotatable bonds is 3. The molecule has 5 heteroatoms. The van der Waals surface area contributed by atoms with Crippen LogP contribution < -0.4 is 10.2 Å². The number of carboxylic acid groups (broad SMARTS) is 2. The Morgan fingerprint density at radius 1 is 1.00 bits per heavy atom. The Labute approximate surface area is 91.1 Å². The second kappa shape index (κ2) is 11.6. The quantitative estimate of drug-likeness (QED) is 0.461. The molecular weight excluding hydrogens is 225 g/mol. The third-order valence-corrected chi connectivity index (χ3v) is 0.533. The standard InChI is InChI=1S/C4H6O4.C4H9.Zn/c5-3(6)1-2-4(7)8;1-4(2)3;/h1-2H2,(H,5,6)(H,7,8);1-3H3;/q;-1;+2/p-2. The van der Waals surface area contributed by atoms with Crippen molar-refractivity contribution in [3.05, 3.63) is 5.92 Å². The minimum atomic E-state index is -1.37. The van der Waals surface area contributed by atoms with Crippen molar-refractivity contribution < 1.29 is 39.3 Å². The first-order chi connectivity index (χ1) is 5.36. The largest absolute Gasteiger partial charge is 2.00 e. The molecule has 0 radical (unpaired) electrons. The fourth-order valence-electron chi connectivity index (χ4n) is 0.204. The number of carbonyl (C=O) groups is 2. The van der Waals surface area contributed by atoms with E-state index in [2.05, 4.69) is 20.8 Å². The molecule has 0 aliphatic rings. The molecule has 0 rings (SSSR count). The molecule has 0 aromatic rings. The minimum Gasteiger partial charge on any atom is -0.550 e. The topological polar surface area (TPSA) is 80.3 Å². The van der Waals surface area contributed by atoms with Crippen molar-refractivity contribution in [2.45, 2.75) is 33.6 Å². The first kappa shape index (κ1) is 18.4. The normalized spacial score (nSPS) is 8.00. The molecule has 0 bridgehead atoms. The Morgan fingerprint density at radius 2 is 1.15 bits per heavy atom. The number of hydrogen-bond acceptors (Lipinski definition) is 4. The van der Waals surface area contributed by atoms with Crippen molar-refractivity contribution in [1.29, 1.82) is 0 Å². The van der Waals surface area contributed by atoms with Gasteiger partial charge in [-0.3, -0.25) is 0 Å². The van der Waals surface area contributed by atoms with Gasteiger partial charge in [0.1, 0.15) is 0 Å². The van der Waals surface area contributed by atoms with Crippen molar-refractivity contribution in [3.63, 3.8) is 0 Å². The van der Waals surface area contributed by atoms with Crippen LogP contribution in [0.4, 0.5) is 0 Å². The van der Waals surface area contributed by atoms with Gasteiger partial charge in [0.05, 0.1) is 0 Å². The Morgan fingerprint density at radius 3 is 1.23 bits per heavy atom. The molecule has 0 saturated carbocycles. The van der Waals surface area contributed by atoms with Crippen molar-refractivity contribution in [3.8, 4) is 0 Å². The Bertz CT molecular complexity index is 128. The third kappa shape index (κ3) is 50.8. The molecule has 13 heavy (non-hydrogen) atoms. The van der Waals surface area contributed by atoms with Gasteiger partial charge in [0.15, 0.2) is 0 Å². The summed E-state index contributed by atoms with van der Waals surface area (Å²) in [6.07, 6.45) is -0.940. The molecule has 0 heterocycles. The van der Waals surface area contributed by atoms with Crippen molar-refractivity contribution >= 4 is 11.9 Å². The van der Waals surface area contributed by atoms with Crippen LogP contribution in [0.5, 0.6) is 0 Å². The maximum Gasteiger partial charge on any atom is 2.00 e. The van der Waals surface area contributed by atoms with Gasteiger partial charge >= 0.3 is 19.5 Å². The Hall–Kier alpha value is -0.437. The number of aliphatic carboxylic acids is 2. The van der Waals surface area contributed by atoms with Gasteiger partial charge in [-0.25, -0.2) is 0 Å². The molecule has 0 aliphatic carbocycles. The summed E-state index contributed by atoms with van der Waals surface area (Å²) in [5.41, 5.74) is 0. The van der Waals surface area contributed by atoms with Crippen LogP contribution in [0.1, 0.15) is 33.6 Å². The van der Waals surface area contributed by atoms with Gasteiger partial charge in [-0.15, -0.1) is 0 Å². The van der Waals surface area contributed by atoms with Crippen LogP contribution in [0.25, 0.3) is 0 Å². The second-order valence-corrected chi connectivity index (χ2v) is 2.74. The molecule has 0 amide bonds. The van der Waals surface area contributed by atoms with Crippen LogP contribution >= 0.6 is 0 Å². The van der Waals surface area contributed by atoms with E-state index < -0.39 is 24.8 Å². The molecule has 4 nitrogen and oxygen atoms in total. The fourth-order valence-corrected chi connectivity index (χ4v) is 0.204. The van der Waals surface area contributed by atoms with Crippen LogP contribution in [-0.2, 0) is 29.1 Å². The van der Waals surface area contributed by atoms with Gasteiger partial charge in [-0.1, -0.05) is 0 Å². The SMILES string of the molecule is C[C-](C)C.O=C([O-])CCC(=O)[O-].[Zn+2]. The summed E-state index contributed by atoms with van der Waals surface area (Å²) in [6, 6.07) is 0. The molecule has 0 atom stereocenters. The Kier molecular flexibility index (Phi) is 16.3. The Balaban J connectivity index is -0.000000173. The summed E-state index contributed by atoms with van der Waals surface area (Å²) in [6.45, 7) is 6.25. The van der Waals surface area contributed by atoms with Gasteiger partial charge < -0.3 is 25.7 Å². The minimum absolute atomic E-state index is 0. The predicted octanol–water partition coefficient (Wildman–Crippen LogP) is -1.12. The molecule has 0 N–H and O–H groups in total. The number of carbonyl (C=O) groups excluding carboxylic acids is 2. The van der Waals surface area contributed by atoms with Gasteiger partial charge in [0.25, 0.3) is 0 Å². The zero-order valence-electron chi connectivity index (χ0n) is 8.25. The first-order valence-electron chi connectivity index (χ1n) is 3.52. The van der Waals surface area contributed by atoms with E-state index in [0.29, 0.717) is 0 Å². The van der Waals surface area contributed by atoms with E-state index in [1.54, 1.807) is 0 Å². The van der Waals surface area contributed by atoms with E-state index in [-0.39, 0.29) is 19.5 Å². The van der Waals surface area contributed by atoms with Crippen molar-refractivity contribution in [1.82, 2.24) is 0 Å². The van der Waals surface area contributed by atoms with E-state index in [1.165, 1.54) is 5.92 Å². The van der Waals surface area contributed by atoms with Gasteiger partial charge in [-0.2, -0.15) is 20.8 Å². The van der Waals surface area contributed by atoms with Gasteiger partial charge in [0, 0.05) is 11.9 Å². The molecular formula is C8H13O4Zn-. The van der Waals surface area contributed by atoms with Crippen LogP contribution in [0, 0.1) is 5.92 Å². The van der Waals surface area contributed by atoms with Gasteiger partial charge in [0.2, 0.25) is 0 Å². The number of carboxylic acids is 2. The first-order valence-corrected chi connectivity index (χ1v) is 3.52. The van der Waals surface area contributed by atoms with Crippen molar-refractivity contribution in [2.24, 2.45) is 0 Å². The van der Waals surface area contributed by atoms with E-state index in [1.807, 2.05) is 0 Å². The third-order valence-electron chi connectivity index (χ3n) is 0.533. The molecule has 0 aliphatic heterocycles. The fraction of sp³-hybridized carbons (Fsp3) is 0.625. The van der Waals surface area contributed by atoms with E-state index in [4.69, 9.17) is 0 Å². The molecule has 0 unspecified atom stereocenters. The summed E-state index contributed by atoms with van der Waals surface area (Å²) >= 11 is 0. The van der Waals surface area contributed by atoms with Crippen LogP contribution in [-0.4, -0.2) is 11.9 Å². The van der Waals surface area contributed by atoms with E-state index in [0.717, 1.165) is 0 Å². The van der Waals surface area contributed by atoms with Crippen LogP contribution in [0.3, 0.4) is 0 Å². The summed E-state index contributed by atoms with van der Waals surface area (Å²) in [5, 5.41) is 19.0. The molecule has 0 aromatic carbocycles. The monoisotopic (exact) mass is 237 g/mol. The zero-order valence-corrected chi connectivity index (χ0v) is 11.2. The maximum absolute atomic E-state index is 9.50. The zero-order chi connectivity index (χ0) is 10.1. The molecule has 0 fully saturated rings. The summed E-state index contributed by atoms with van der Waals surface area (Å²) < 4.78 is 0. The smallest absolute Gasteiger partial charge is 0.550 e. The second-order valence-electron chi connectivity index (χ2n) is 2.74. The van der Waals surface area contributed by atoms with Crippen LogP contribution in [0.2, 0.25) is 0 Å². The average molecular weight is 239 g/mol. The summed E-state index contributed by atoms with van der Waals surface area (Å²) in [7, 11) is 0. The maximum atomic E-state index is 9.50. The van der Waals surface area contributed by atoms with E-state index >= 15 is 0 Å². The summed E-state index contributed by atoms with van der Waals surface area (Å²) in [5.74, 6) is -1.32. The van der Waals surface area contributed by atoms with E-state index in [9.17, 15) is 19.8 Å². The molecule has 0 saturated heterocycles. The van der Waals surface area contributed by atoms with Gasteiger partial charge in [-0.05, 0) is 12.8 Å². The predicted molar refractivity (Wildman–Crippen MR) is 39.5 cm³/mol. The molecule has 72 valence electrons. The molecule has 0 spiro atoms. The molecule has 0 aromatic heterocycles. The van der Waals surface area contributed by atoms with Crippen LogP contribution in [0.15, 0.2) is 0 Å². The average Bonchev–Trinajstić information content (AvgIpc) is 1.82.